The molecule has 3 N–H and O–H groups in total. The molecule has 20 heteroatoms. The quantitative estimate of drug-likeness (QED) is 0.0743. The Labute approximate surface area is 410 Å². The van der Waals surface area contributed by atoms with Gasteiger partial charge in [0.2, 0.25) is 5.75 Å². The Morgan fingerprint density at radius 1 is 1.00 bits per heavy atom. The van der Waals surface area contributed by atoms with Crippen molar-refractivity contribution in [1.29, 1.82) is 0 Å². The van der Waals surface area contributed by atoms with Gasteiger partial charge in [0.05, 0.1) is 40.2 Å². The number of aromatic amines is 1. The highest BCUT2D eigenvalue weighted by atomic mass is 32.2. The smallest absolute Gasteiger partial charge is 0.388 e. The van der Waals surface area contributed by atoms with E-state index in [0.717, 1.165) is 44.4 Å². The summed E-state index contributed by atoms with van der Waals surface area (Å²) in [5.74, 6) is -2.26. The summed E-state index contributed by atoms with van der Waals surface area (Å²) in [7, 11) is -4.84. The number of nitrogens with zero attached hydrogens (tertiary/aromatic N) is 4. The SMILES string of the molecule is CC(C)c1ccccc1[C@@H]1COCCN1C1CC2(CCN(c3ccc(C(=O)NS(=O)(=O)c4cc5c(c([N+](=O)[O-])c4)O[C@H]([C@H]4CC[C@](C)(O)CC4)CO5)c(Oc4cc5cc[nH]c5nc4OC(F)F)c3)CC2)C1. The molecule has 71 heavy (non-hydrogen) atoms. The number of morpholine rings is 1. The molecular weight excluding hydrogens is 943 g/mol. The summed E-state index contributed by atoms with van der Waals surface area (Å²) in [5.41, 5.74) is 1.94. The number of benzene rings is 3. The monoisotopic (exact) mass is 1000 g/mol. The number of amides is 1. The fourth-order valence-corrected chi connectivity index (χ4v) is 12.3. The number of hydrogen-bond donors (Lipinski definition) is 3. The Bertz CT molecular complexity index is 2930. The van der Waals surface area contributed by atoms with Gasteiger partial charge in [-0.05, 0) is 111 Å². The molecule has 0 bridgehead atoms. The van der Waals surface area contributed by atoms with E-state index in [1.807, 2.05) is 4.72 Å². The van der Waals surface area contributed by atoms with Gasteiger partial charge in [-0.2, -0.15) is 13.8 Å². The lowest BCUT2D eigenvalue weighted by atomic mass is 9.59. The number of nitrogens with one attached hydrogen (secondary N) is 2. The number of nitro benzene ring substituents is 1. The lowest BCUT2D eigenvalue weighted by Gasteiger charge is -2.57. The highest BCUT2D eigenvalue weighted by Crippen LogP contribution is 2.54. The van der Waals surface area contributed by atoms with Gasteiger partial charge in [-0.15, -0.1) is 0 Å². The summed E-state index contributed by atoms with van der Waals surface area (Å²) in [4.78, 5) is 37.0. The van der Waals surface area contributed by atoms with Crippen molar-refractivity contribution in [3.05, 3.63) is 99.7 Å². The summed E-state index contributed by atoms with van der Waals surface area (Å²) in [5, 5.41) is 23.3. The molecule has 1 spiro atoms. The second-order valence-corrected chi connectivity index (χ2v) is 22.0. The van der Waals surface area contributed by atoms with E-state index in [4.69, 9.17) is 23.7 Å². The topological polar surface area (TPSA) is 208 Å². The van der Waals surface area contributed by atoms with Gasteiger partial charge in [0.25, 0.3) is 21.8 Å². The van der Waals surface area contributed by atoms with Crippen molar-refractivity contribution < 1.29 is 55.7 Å². The van der Waals surface area contributed by atoms with E-state index in [1.54, 1.807) is 31.3 Å². The van der Waals surface area contributed by atoms with Gasteiger partial charge in [-0.3, -0.25) is 19.8 Å². The molecule has 0 radical (unpaired) electrons. The van der Waals surface area contributed by atoms with Crippen molar-refractivity contribution in [3.8, 4) is 28.9 Å². The first kappa shape index (κ1) is 48.5. The summed E-state index contributed by atoms with van der Waals surface area (Å²) in [6, 6.07) is 18.8. The molecule has 378 valence electrons. The van der Waals surface area contributed by atoms with Crippen molar-refractivity contribution >= 4 is 38.3 Å². The van der Waals surface area contributed by atoms with Crippen molar-refractivity contribution in [3.63, 3.8) is 0 Å². The van der Waals surface area contributed by atoms with E-state index in [1.165, 1.54) is 23.3 Å². The molecule has 2 aromatic heterocycles. The number of aromatic nitrogens is 2. The first-order valence-electron chi connectivity index (χ1n) is 24.3. The van der Waals surface area contributed by atoms with Crippen molar-refractivity contribution in [1.82, 2.24) is 19.6 Å². The number of nitro groups is 1. The number of hydrogen-bond acceptors (Lipinski definition) is 14. The number of alkyl halides is 2. The van der Waals surface area contributed by atoms with Crippen molar-refractivity contribution in [2.45, 2.75) is 113 Å². The van der Waals surface area contributed by atoms with E-state index < -0.39 is 55.6 Å². The maximum Gasteiger partial charge on any atom is 0.388 e. The second kappa shape index (κ2) is 19.2. The van der Waals surface area contributed by atoms with Crippen LogP contribution in [0.3, 0.4) is 0 Å². The number of ether oxygens (including phenoxy) is 5. The van der Waals surface area contributed by atoms with Gasteiger partial charge in [0, 0.05) is 61.1 Å². The summed E-state index contributed by atoms with van der Waals surface area (Å²) in [6.07, 6.45) is 7.18. The minimum absolute atomic E-state index is 0.0120. The summed E-state index contributed by atoms with van der Waals surface area (Å²) in [6.45, 7) is 6.50. The number of piperidine rings is 1. The molecule has 5 aromatic rings. The molecule has 10 rings (SSSR count). The standard InChI is InChI=1S/C51H58F2N6O11S/c1-30(2)36-6-4-5-7-37(36)40-28-66-21-20-58(40)34-26-51(27-34)15-18-57(19-16-51)33-8-9-38(41(23-33)68-43-22-32-12-17-54-46(32)55-48(43)70-49(52)53)47(60)56-71(64,65)35-24-39(59(62)63)45-42(25-35)67-29-44(69-45)31-10-13-50(3,61)14-11-31/h4-9,12,17,22-25,30-31,34,40,44,49,61H,10-11,13-16,18-21,26-29H2,1-3H3,(H,54,55)(H,56,60)/t31-,40-,44-,50-/m0/s1. The lowest BCUT2D eigenvalue weighted by Crippen LogP contribution is -2.58. The maximum atomic E-state index is 14.2. The van der Waals surface area contributed by atoms with Crippen molar-refractivity contribution in [2.75, 3.05) is 44.4 Å². The number of carbonyl (C=O) groups excluding carboxylic acids is 1. The molecule has 17 nitrogen and oxygen atoms in total. The van der Waals surface area contributed by atoms with Crippen LogP contribution in [-0.2, 0) is 14.8 Å². The van der Waals surface area contributed by atoms with Gasteiger partial charge in [-0.1, -0.05) is 38.1 Å². The summed E-state index contributed by atoms with van der Waals surface area (Å²) >= 11 is 0. The predicted octanol–water partition coefficient (Wildman–Crippen LogP) is 9.01. The first-order valence-corrected chi connectivity index (χ1v) is 25.8. The zero-order valence-corrected chi connectivity index (χ0v) is 40.6. The molecule has 1 amide bonds. The van der Waals surface area contributed by atoms with Crippen LogP contribution >= 0.6 is 0 Å². The fraction of sp³-hybridized carbons (Fsp3) is 0.490. The predicted molar refractivity (Wildman–Crippen MR) is 257 cm³/mol. The van der Waals surface area contributed by atoms with Crippen LogP contribution in [0.5, 0.6) is 28.9 Å². The number of carbonyl (C=O) groups is 1. The second-order valence-electron chi connectivity index (χ2n) is 20.3. The van der Waals surface area contributed by atoms with Gasteiger partial charge < -0.3 is 38.7 Å². The highest BCUT2D eigenvalue weighted by Gasteiger charge is 2.50. The zero-order chi connectivity index (χ0) is 49.8. The third-order valence-corrected chi connectivity index (χ3v) is 16.6. The molecular formula is C51H58F2N6O11S. The van der Waals surface area contributed by atoms with Crippen LogP contribution in [-0.4, -0.2) is 103 Å². The number of aliphatic hydroxyl groups is 1. The molecule has 5 aliphatic rings. The van der Waals surface area contributed by atoms with E-state index in [0.29, 0.717) is 75.0 Å². The molecule has 0 unspecified atom stereocenters. The third kappa shape index (κ3) is 9.95. The Balaban J connectivity index is 0.889. The number of halogens is 2. The highest BCUT2D eigenvalue weighted by molar-refractivity contribution is 7.90. The molecule has 2 saturated heterocycles. The fourth-order valence-electron chi connectivity index (χ4n) is 11.3. The Morgan fingerprint density at radius 2 is 1.76 bits per heavy atom. The van der Waals surface area contributed by atoms with Crippen LogP contribution in [0, 0.1) is 21.4 Å². The Kier molecular flexibility index (Phi) is 13.1. The molecule has 5 heterocycles. The molecule has 4 fully saturated rings. The van der Waals surface area contributed by atoms with Crippen LogP contribution in [0.1, 0.15) is 106 Å². The number of fused-ring (bicyclic) bond motifs is 2. The van der Waals surface area contributed by atoms with Gasteiger partial charge >= 0.3 is 12.3 Å². The minimum Gasteiger partial charge on any atom is -0.485 e. The minimum atomic E-state index is -4.84. The van der Waals surface area contributed by atoms with Gasteiger partial charge in [-0.25, -0.2) is 13.1 Å². The van der Waals surface area contributed by atoms with E-state index >= 15 is 0 Å². The molecule has 2 saturated carbocycles. The van der Waals surface area contributed by atoms with Crippen LogP contribution in [0.2, 0.25) is 0 Å². The van der Waals surface area contributed by atoms with Crippen LogP contribution in [0.25, 0.3) is 11.0 Å². The van der Waals surface area contributed by atoms with E-state index in [-0.39, 0.29) is 58.2 Å². The average Bonchev–Trinajstić information content (AvgIpc) is 3.79. The number of sulfonamides is 1. The zero-order valence-electron chi connectivity index (χ0n) is 39.8. The largest absolute Gasteiger partial charge is 0.485 e. The Hall–Kier alpha value is -6.09. The Morgan fingerprint density at radius 3 is 2.49 bits per heavy atom. The average molecular weight is 1000 g/mol. The van der Waals surface area contributed by atoms with E-state index in [2.05, 4.69) is 57.9 Å². The summed E-state index contributed by atoms with van der Waals surface area (Å²) < 4.78 is 86.6. The van der Waals surface area contributed by atoms with E-state index in [9.17, 15) is 37.2 Å². The van der Waals surface area contributed by atoms with Gasteiger partial charge in [0.15, 0.2) is 11.5 Å². The van der Waals surface area contributed by atoms with Crippen LogP contribution in [0.4, 0.5) is 20.2 Å². The molecule has 3 aliphatic heterocycles. The molecule has 3 aromatic carbocycles. The van der Waals surface area contributed by atoms with Crippen molar-refractivity contribution in [2.24, 2.45) is 11.3 Å². The van der Waals surface area contributed by atoms with Crippen LogP contribution in [0.15, 0.2) is 77.8 Å². The maximum absolute atomic E-state index is 14.2. The number of anilines is 1. The number of pyridine rings is 1. The molecule has 2 aliphatic carbocycles. The molecule has 2 atom stereocenters. The van der Waals surface area contributed by atoms with Gasteiger partial charge in [0.1, 0.15) is 24.1 Å². The number of rotatable bonds is 13. The lowest BCUT2D eigenvalue weighted by molar-refractivity contribution is -0.386. The number of H-pyrrole nitrogens is 1. The van der Waals surface area contributed by atoms with Crippen LogP contribution < -0.4 is 28.6 Å². The normalized spacial score (nSPS) is 23.7. The third-order valence-electron chi connectivity index (χ3n) is 15.3. The first-order chi connectivity index (χ1) is 33.9.